The van der Waals surface area contributed by atoms with Crippen LogP contribution in [0.15, 0.2) is 59.7 Å². The number of carbonyl (C=O) groups excluding carboxylic acids is 1. The molecule has 26 heavy (non-hydrogen) atoms. The lowest BCUT2D eigenvalue weighted by Crippen LogP contribution is -2.07. The van der Waals surface area contributed by atoms with Gasteiger partial charge in [0.1, 0.15) is 12.4 Å². The third kappa shape index (κ3) is 3.81. The molecule has 7 heteroatoms. The standard InChI is InChI=1S/C19H12ClF2NO3/c1-2-7-25-12-5-3-11(4-6-12)8-17-19(24)26-18(23-17)13-9-15(21)16(22)10-14(13)20/h2-6,8-10H,1,7H2/b17-8+. The summed E-state index contributed by atoms with van der Waals surface area (Å²) in [6.45, 7) is 3.95. The zero-order valence-electron chi connectivity index (χ0n) is 13.3. The van der Waals surface area contributed by atoms with Crippen LogP contribution in [-0.4, -0.2) is 18.5 Å². The molecule has 0 N–H and O–H groups in total. The molecule has 0 radical (unpaired) electrons. The van der Waals surface area contributed by atoms with Gasteiger partial charge in [-0.05, 0) is 35.9 Å². The summed E-state index contributed by atoms with van der Waals surface area (Å²) in [5.74, 6) is -2.46. The van der Waals surface area contributed by atoms with Gasteiger partial charge >= 0.3 is 5.97 Å². The quantitative estimate of drug-likeness (QED) is 0.334. The molecule has 0 aromatic heterocycles. The average molecular weight is 376 g/mol. The molecule has 0 spiro atoms. The van der Waals surface area contributed by atoms with E-state index in [0.717, 1.165) is 12.1 Å². The highest BCUT2D eigenvalue weighted by Gasteiger charge is 2.26. The van der Waals surface area contributed by atoms with Crippen LogP contribution in [0.3, 0.4) is 0 Å². The molecule has 0 saturated carbocycles. The van der Waals surface area contributed by atoms with E-state index in [1.807, 2.05) is 0 Å². The van der Waals surface area contributed by atoms with Gasteiger partial charge in [0.15, 0.2) is 17.3 Å². The molecule has 4 nitrogen and oxygen atoms in total. The molecular formula is C19H12ClF2NO3. The second-order valence-electron chi connectivity index (χ2n) is 5.25. The molecule has 1 aliphatic rings. The number of hydrogen-bond donors (Lipinski definition) is 0. The van der Waals surface area contributed by atoms with Gasteiger partial charge in [-0.15, -0.1) is 0 Å². The minimum Gasteiger partial charge on any atom is -0.490 e. The van der Waals surface area contributed by atoms with Crippen LogP contribution in [0.1, 0.15) is 11.1 Å². The Morgan fingerprint density at radius 3 is 2.58 bits per heavy atom. The van der Waals surface area contributed by atoms with Crippen molar-refractivity contribution < 1.29 is 23.0 Å². The lowest BCUT2D eigenvalue weighted by Gasteiger charge is -2.03. The second kappa shape index (κ2) is 7.49. The third-order valence-corrected chi connectivity index (χ3v) is 3.72. The van der Waals surface area contributed by atoms with E-state index in [1.165, 1.54) is 6.08 Å². The maximum atomic E-state index is 13.4. The fraction of sp³-hybridized carbons (Fsp3) is 0.0526. The minimum absolute atomic E-state index is 0.00418. The van der Waals surface area contributed by atoms with E-state index < -0.39 is 17.6 Å². The van der Waals surface area contributed by atoms with Crippen molar-refractivity contribution in [2.24, 2.45) is 4.99 Å². The molecule has 0 saturated heterocycles. The molecule has 0 fully saturated rings. The fourth-order valence-corrected chi connectivity index (χ4v) is 2.42. The molecule has 1 aliphatic heterocycles. The van der Waals surface area contributed by atoms with Crippen LogP contribution in [-0.2, 0) is 9.53 Å². The van der Waals surface area contributed by atoms with Crippen molar-refractivity contribution in [3.8, 4) is 5.75 Å². The summed E-state index contributed by atoms with van der Waals surface area (Å²) < 4.78 is 37.0. The largest absolute Gasteiger partial charge is 0.490 e. The number of carbonyl (C=O) groups is 1. The maximum Gasteiger partial charge on any atom is 0.363 e. The maximum absolute atomic E-state index is 13.4. The molecule has 132 valence electrons. The van der Waals surface area contributed by atoms with Gasteiger partial charge in [0.2, 0.25) is 5.90 Å². The van der Waals surface area contributed by atoms with Gasteiger partial charge in [0, 0.05) is 0 Å². The summed E-state index contributed by atoms with van der Waals surface area (Å²) in [7, 11) is 0. The summed E-state index contributed by atoms with van der Waals surface area (Å²) in [6.07, 6.45) is 3.13. The zero-order valence-corrected chi connectivity index (χ0v) is 14.1. The van der Waals surface area contributed by atoms with E-state index in [1.54, 1.807) is 30.3 Å². The van der Waals surface area contributed by atoms with Crippen molar-refractivity contribution in [3.05, 3.63) is 82.5 Å². The first kappa shape index (κ1) is 17.8. The van der Waals surface area contributed by atoms with E-state index in [4.69, 9.17) is 21.1 Å². The van der Waals surface area contributed by atoms with Gasteiger partial charge in [-0.1, -0.05) is 36.4 Å². The van der Waals surface area contributed by atoms with Gasteiger partial charge in [0.05, 0.1) is 10.6 Å². The Hall–Kier alpha value is -2.99. The number of esters is 1. The van der Waals surface area contributed by atoms with Crippen molar-refractivity contribution in [2.75, 3.05) is 6.61 Å². The molecule has 0 bridgehead atoms. The van der Waals surface area contributed by atoms with E-state index >= 15 is 0 Å². The number of cyclic esters (lactones) is 1. The number of rotatable bonds is 5. The Bertz CT molecular complexity index is 937. The van der Waals surface area contributed by atoms with Crippen LogP contribution >= 0.6 is 11.6 Å². The zero-order chi connectivity index (χ0) is 18.7. The molecule has 2 aromatic rings. The minimum atomic E-state index is -1.12. The van der Waals surface area contributed by atoms with Crippen molar-refractivity contribution in [1.29, 1.82) is 0 Å². The third-order valence-electron chi connectivity index (χ3n) is 3.41. The van der Waals surface area contributed by atoms with Gasteiger partial charge in [-0.3, -0.25) is 0 Å². The molecule has 0 atom stereocenters. The molecule has 1 heterocycles. The first-order chi connectivity index (χ1) is 12.5. The Morgan fingerprint density at radius 2 is 1.88 bits per heavy atom. The van der Waals surface area contributed by atoms with E-state index in [0.29, 0.717) is 17.9 Å². The number of ether oxygens (including phenoxy) is 2. The smallest absolute Gasteiger partial charge is 0.363 e. The van der Waals surface area contributed by atoms with Crippen LogP contribution in [0.25, 0.3) is 6.08 Å². The number of nitrogens with zero attached hydrogens (tertiary/aromatic N) is 1. The SMILES string of the molecule is C=CCOc1ccc(/C=C2/N=C(c3cc(F)c(F)cc3Cl)OC2=O)cc1. The van der Waals surface area contributed by atoms with Gasteiger partial charge in [0.25, 0.3) is 0 Å². The normalized spacial score (nSPS) is 15.0. The molecule has 3 rings (SSSR count). The number of halogens is 3. The summed E-state index contributed by atoms with van der Waals surface area (Å²) in [5, 5.41) is -0.111. The number of hydrogen-bond acceptors (Lipinski definition) is 4. The summed E-state index contributed by atoms with van der Waals surface area (Å²) in [6, 6.07) is 8.55. The van der Waals surface area contributed by atoms with Crippen LogP contribution < -0.4 is 4.74 Å². The molecule has 0 aliphatic carbocycles. The molecular weight excluding hydrogens is 364 g/mol. The first-order valence-electron chi connectivity index (χ1n) is 7.49. The van der Waals surface area contributed by atoms with Gasteiger partial charge in [-0.25, -0.2) is 18.6 Å². The summed E-state index contributed by atoms with van der Waals surface area (Å²) in [5.41, 5.74) is 0.695. The van der Waals surface area contributed by atoms with Crippen molar-refractivity contribution in [2.45, 2.75) is 0 Å². The van der Waals surface area contributed by atoms with Crippen LogP contribution in [0.5, 0.6) is 5.75 Å². The highest BCUT2D eigenvalue weighted by atomic mass is 35.5. The van der Waals surface area contributed by atoms with Gasteiger partial charge < -0.3 is 9.47 Å². The molecule has 0 unspecified atom stereocenters. The van der Waals surface area contributed by atoms with Gasteiger partial charge in [-0.2, -0.15) is 0 Å². The molecule has 0 amide bonds. The Labute approximate surface area is 153 Å². The number of benzene rings is 2. The highest BCUT2D eigenvalue weighted by molar-refractivity contribution is 6.34. The molecule has 2 aromatic carbocycles. The second-order valence-corrected chi connectivity index (χ2v) is 5.66. The Morgan fingerprint density at radius 1 is 1.19 bits per heavy atom. The van der Waals surface area contributed by atoms with E-state index in [9.17, 15) is 13.6 Å². The van der Waals surface area contributed by atoms with Crippen LogP contribution in [0.4, 0.5) is 8.78 Å². The summed E-state index contributed by atoms with van der Waals surface area (Å²) >= 11 is 5.88. The topological polar surface area (TPSA) is 47.9 Å². The predicted molar refractivity (Wildman–Crippen MR) is 94.1 cm³/mol. The lowest BCUT2D eigenvalue weighted by atomic mass is 10.2. The highest BCUT2D eigenvalue weighted by Crippen LogP contribution is 2.26. The van der Waals surface area contributed by atoms with E-state index in [2.05, 4.69) is 11.6 Å². The lowest BCUT2D eigenvalue weighted by molar-refractivity contribution is -0.129. The van der Waals surface area contributed by atoms with Crippen LogP contribution in [0.2, 0.25) is 5.02 Å². The summed E-state index contributed by atoms with van der Waals surface area (Å²) in [4.78, 5) is 16.0. The monoisotopic (exact) mass is 375 g/mol. The Kier molecular flexibility index (Phi) is 5.14. The van der Waals surface area contributed by atoms with Crippen molar-refractivity contribution in [1.82, 2.24) is 0 Å². The van der Waals surface area contributed by atoms with Crippen molar-refractivity contribution in [3.63, 3.8) is 0 Å². The average Bonchev–Trinajstić information content (AvgIpc) is 2.98. The van der Waals surface area contributed by atoms with Crippen molar-refractivity contribution >= 4 is 29.5 Å². The number of aliphatic imine (C=N–C) groups is 1. The predicted octanol–water partition coefficient (Wildman–Crippen LogP) is 4.53. The fourth-order valence-electron chi connectivity index (χ4n) is 2.18. The Balaban J connectivity index is 1.87. The first-order valence-corrected chi connectivity index (χ1v) is 7.87. The van der Waals surface area contributed by atoms with E-state index in [-0.39, 0.29) is 22.2 Å². The van der Waals surface area contributed by atoms with Crippen LogP contribution in [0, 0.1) is 11.6 Å².